The second-order valence-corrected chi connectivity index (χ2v) is 12.5. The van der Waals surface area contributed by atoms with Gasteiger partial charge in [-0.15, -0.1) is 0 Å². The van der Waals surface area contributed by atoms with E-state index in [0.29, 0.717) is 20.6 Å². The van der Waals surface area contributed by atoms with E-state index in [2.05, 4.69) is 5.32 Å². The average molecular weight is 611 g/mol. The molecule has 39 heavy (non-hydrogen) atoms. The van der Waals surface area contributed by atoms with Crippen LogP contribution in [-0.4, -0.2) is 43.8 Å². The Kier molecular flexibility index (Phi) is 10.3. The number of rotatable bonds is 10. The fourth-order valence-corrected chi connectivity index (χ4v) is 5.73. The van der Waals surface area contributed by atoms with Gasteiger partial charge >= 0.3 is 0 Å². The van der Waals surface area contributed by atoms with Gasteiger partial charge in [0.2, 0.25) is 11.8 Å². The van der Waals surface area contributed by atoms with Crippen molar-refractivity contribution in [3.8, 4) is 0 Å². The molecule has 2 amide bonds. The van der Waals surface area contributed by atoms with Crippen LogP contribution in [-0.2, 0) is 26.2 Å². The topological polar surface area (TPSA) is 86.8 Å². The average Bonchev–Trinajstić information content (AvgIpc) is 2.87. The van der Waals surface area contributed by atoms with Crippen molar-refractivity contribution in [2.24, 2.45) is 0 Å². The molecule has 0 aliphatic carbocycles. The highest BCUT2D eigenvalue weighted by molar-refractivity contribution is 7.92. The van der Waals surface area contributed by atoms with Gasteiger partial charge in [0.1, 0.15) is 12.6 Å². The molecule has 0 saturated heterocycles. The van der Waals surface area contributed by atoms with E-state index in [1.807, 2.05) is 20.8 Å². The van der Waals surface area contributed by atoms with Crippen molar-refractivity contribution in [2.75, 3.05) is 10.8 Å². The van der Waals surface area contributed by atoms with E-state index in [4.69, 9.17) is 34.8 Å². The van der Waals surface area contributed by atoms with Crippen LogP contribution in [0.4, 0.5) is 5.69 Å². The predicted molar refractivity (Wildman–Crippen MR) is 157 cm³/mol. The van der Waals surface area contributed by atoms with Gasteiger partial charge in [-0.25, -0.2) is 8.42 Å². The Balaban J connectivity index is 2.04. The summed E-state index contributed by atoms with van der Waals surface area (Å²) in [6, 6.07) is 16.4. The van der Waals surface area contributed by atoms with Gasteiger partial charge < -0.3 is 10.2 Å². The first-order chi connectivity index (χ1) is 18.3. The van der Waals surface area contributed by atoms with Gasteiger partial charge in [-0.05, 0) is 75.7 Å². The van der Waals surface area contributed by atoms with Crippen LogP contribution in [0.3, 0.4) is 0 Å². The van der Waals surface area contributed by atoms with E-state index in [1.54, 1.807) is 55.5 Å². The monoisotopic (exact) mass is 609 g/mol. The van der Waals surface area contributed by atoms with Gasteiger partial charge in [0, 0.05) is 17.6 Å². The van der Waals surface area contributed by atoms with Crippen LogP contribution >= 0.6 is 34.8 Å². The molecule has 0 heterocycles. The minimum Gasteiger partial charge on any atom is -0.352 e. The van der Waals surface area contributed by atoms with Gasteiger partial charge in [-0.1, -0.05) is 64.6 Å². The fourth-order valence-electron chi connectivity index (χ4n) is 3.82. The van der Waals surface area contributed by atoms with Gasteiger partial charge in [0.25, 0.3) is 10.0 Å². The van der Waals surface area contributed by atoms with E-state index in [0.717, 1.165) is 9.87 Å². The number of hydrogen-bond donors (Lipinski definition) is 1. The standard InChI is InChI=1S/C28H30Cl3N3O4S/c1-18(2)32-28(36)20(4)33(16-21-10-13-25(30)26(31)14-21)27(35)17-34(23-7-5-6-22(29)15-23)39(37,38)24-11-8-19(3)9-12-24/h5-15,18,20H,16-17H2,1-4H3,(H,32,36)/t20-/m0/s1. The summed E-state index contributed by atoms with van der Waals surface area (Å²) in [4.78, 5) is 28.2. The highest BCUT2D eigenvalue weighted by Crippen LogP contribution is 2.28. The normalized spacial score (nSPS) is 12.2. The second kappa shape index (κ2) is 13.0. The zero-order chi connectivity index (χ0) is 28.9. The number of halogens is 3. The smallest absolute Gasteiger partial charge is 0.264 e. The lowest BCUT2D eigenvalue weighted by atomic mass is 10.1. The largest absolute Gasteiger partial charge is 0.352 e. The third kappa shape index (κ3) is 7.88. The van der Waals surface area contributed by atoms with Crippen LogP contribution in [0.2, 0.25) is 15.1 Å². The van der Waals surface area contributed by atoms with Gasteiger partial charge in [0.15, 0.2) is 0 Å². The van der Waals surface area contributed by atoms with Gasteiger partial charge in [0.05, 0.1) is 20.6 Å². The van der Waals surface area contributed by atoms with Crippen molar-refractivity contribution >= 4 is 62.3 Å². The molecule has 0 aromatic heterocycles. The number of anilines is 1. The summed E-state index contributed by atoms with van der Waals surface area (Å²) in [5.74, 6) is -0.975. The van der Waals surface area contributed by atoms with Crippen molar-refractivity contribution in [3.63, 3.8) is 0 Å². The van der Waals surface area contributed by atoms with E-state index >= 15 is 0 Å². The third-order valence-corrected chi connectivity index (χ3v) is 8.68. The van der Waals surface area contributed by atoms with Crippen molar-refractivity contribution in [2.45, 2.75) is 51.2 Å². The molecule has 7 nitrogen and oxygen atoms in total. The summed E-state index contributed by atoms with van der Waals surface area (Å²) >= 11 is 18.4. The van der Waals surface area contributed by atoms with Gasteiger partial charge in [-0.3, -0.25) is 13.9 Å². The lowest BCUT2D eigenvalue weighted by molar-refractivity contribution is -0.139. The summed E-state index contributed by atoms with van der Waals surface area (Å²) in [7, 11) is -4.18. The molecule has 11 heteroatoms. The number of aryl methyl sites for hydroxylation is 1. The molecule has 0 spiro atoms. The van der Waals surface area contributed by atoms with E-state index in [9.17, 15) is 18.0 Å². The zero-order valence-corrected chi connectivity index (χ0v) is 25.1. The summed E-state index contributed by atoms with van der Waals surface area (Å²) in [5, 5.41) is 3.76. The molecule has 0 aliphatic rings. The lowest BCUT2D eigenvalue weighted by Gasteiger charge is -2.32. The first kappa shape index (κ1) is 30.8. The molecule has 1 N–H and O–H groups in total. The number of amides is 2. The van der Waals surface area contributed by atoms with Crippen molar-refractivity contribution in [1.82, 2.24) is 10.2 Å². The fraction of sp³-hybridized carbons (Fsp3) is 0.286. The molecule has 3 aromatic rings. The number of sulfonamides is 1. The second-order valence-electron chi connectivity index (χ2n) is 9.41. The number of hydrogen-bond acceptors (Lipinski definition) is 4. The maximum absolute atomic E-state index is 13.9. The molecule has 208 valence electrons. The summed E-state index contributed by atoms with van der Waals surface area (Å²) < 4.78 is 28.6. The molecule has 0 unspecified atom stereocenters. The molecule has 0 radical (unpaired) electrons. The number of nitrogens with zero attached hydrogens (tertiary/aromatic N) is 2. The van der Waals surface area contributed by atoms with Crippen LogP contribution < -0.4 is 9.62 Å². The summed E-state index contributed by atoms with van der Waals surface area (Å²) in [5.41, 5.74) is 1.72. The molecule has 3 aromatic carbocycles. The van der Waals surface area contributed by atoms with E-state index in [1.165, 1.54) is 23.1 Å². The number of carbonyl (C=O) groups is 2. The SMILES string of the molecule is Cc1ccc(S(=O)(=O)N(CC(=O)N(Cc2ccc(Cl)c(Cl)c2)[C@@H](C)C(=O)NC(C)C)c2cccc(Cl)c2)cc1. The Morgan fingerprint density at radius 1 is 0.897 bits per heavy atom. The Morgan fingerprint density at radius 2 is 1.56 bits per heavy atom. The predicted octanol–water partition coefficient (Wildman–Crippen LogP) is 6.09. The van der Waals surface area contributed by atoms with E-state index < -0.39 is 28.5 Å². The van der Waals surface area contributed by atoms with Crippen LogP contribution in [0.5, 0.6) is 0 Å². The van der Waals surface area contributed by atoms with Crippen molar-refractivity contribution in [3.05, 3.63) is 92.9 Å². The van der Waals surface area contributed by atoms with Crippen LogP contribution in [0.25, 0.3) is 0 Å². The molecule has 0 bridgehead atoms. The minimum absolute atomic E-state index is 0.00360. The molecular formula is C28H30Cl3N3O4S. The lowest BCUT2D eigenvalue weighted by Crippen LogP contribution is -2.52. The molecule has 3 rings (SSSR count). The van der Waals surface area contributed by atoms with Crippen LogP contribution in [0.1, 0.15) is 31.9 Å². The molecule has 0 saturated carbocycles. The van der Waals surface area contributed by atoms with Crippen molar-refractivity contribution < 1.29 is 18.0 Å². The number of nitrogens with one attached hydrogen (secondary N) is 1. The summed E-state index contributed by atoms with van der Waals surface area (Å²) in [6.07, 6.45) is 0. The quantitative estimate of drug-likeness (QED) is 0.301. The van der Waals surface area contributed by atoms with Crippen molar-refractivity contribution in [1.29, 1.82) is 0 Å². The summed E-state index contributed by atoms with van der Waals surface area (Å²) in [6.45, 7) is 6.48. The minimum atomic E-state index is -4.18. The first-order valence-electron chi connectivity index (χ1n) is 12.2. The Labute approximate surface area is 244 Å². The van der Waals surface area contributed by atoms with Crippen LogP contribution in [0, 0.1) is 6.92 Å². The maximum atomic E-state index is 13.9. The Bertz CT molecular complexity index is 1450. The highest BCUT2D eigenvalue weighted by Gasteiger charge is 2.32. The molecular weight excluding hydrogens is 581 g/mol. The van der Waals surface area contributed by atoms with Crippen LogP contribution in [0.15, 0.2) is 71.6 Å². The Hall–Kier alpha value is -2.78. The van der Waals surface area contributed by atoms with E-state index in [-0.39, 0.29) is 29.1 Å². The molecule has 0 fully saturated rings. The van der Waals surface area contributed by atoms with Gasteiger partial charge in [-0.2, -0.15) is 0 Å². The highest BCUT2D eigenvalue weighted by atomic mass is 35.5. The third-order valence-electron chi connectivity index (χ3n) is 5.92. The number of carbonyl (C=O) groups excluding carboxylic acids is 2. The Morgan fingerprint density at radius 3 is 2.15 bits per heavy atom. The molecule has 1 atom stereocenters. The maximum Gasteiger partial charge on any atom is 0.264 e. The molecule has 0 aliphatic heterocycles. The zero-order valence-electron chi connectivity index (χ0n) is 22.0. The first-order valence-corrected chi connectivity index (χ1v) is 14.8. The number of benzene rings is 3.